The summed E-state index contributed by atoms with van der Waals surface area (Å²) in [6.07, 6.45) is 4.43. The zero-order chi connectivity index (χ0) is 11.3. The molecular formula is C12H23NO3. The molecule has 94 valence electrons. The maximum atomic E-state index is 6.02. The first-order valence-electron chi connectivity index (χ1n) is 6.31. The second-order valence-corrected chi connectivity index (χ2v) is 4.71. The Morgan fingerprint density at radius 2 is 2.38 bits per heavy atom. The van der Waals surface area contributed by atoms with E-state index in [1.807, 2.05) is 0 Å². The van der Waals surface area contributed by atoms with Gasteiger partial charge in [-0.05, 0) is 25.7 Å². The molecule has 2 aliphatic rings. The standard InChI is InChI=1S/C12H23NO3/c1-14-7-2-4-11-12(16-9-6-13-11)5-3-8-15-10-12/h11,13H,2-10H2,1H3. The van der Waals surface area contributed by atoms with E-state index in [0.717, 1.165) is 58.7 Å². The van der Waals surface area contributed by atoms with Crippen molar-refractivity contribution in [3.63, 3.8) is 0 Å². The predicted octanol–water partition coefficient (Wildman–Crippen LogP) is 0.951. The molecule has 0 amide bonds. The van der Waals surface area contributed by atoms with Gasteiger partial charge in [0.2, 0.25) is 0 Å². The Kier molecular flexibility index (Phi) is 4.58. The highest BCUT2D eigenvalue weighted by molar-refractivity contribution is 4.97. The van der Waals surface area contributed by atoms with Gasteiger partial charge in [-0.3, -0.25) is 0 Å². The van der Waals surface area contributed by atoms with Gasteiger partial charge in [-0.15, -0.1) is 0 Å². The van der Waals surface area contributed by atoms with Crippen molar-refractivity contribution in [2.75, 3.05) is 40.1 Å². The van der Waals surface area contributed by atoms with Gasteiger partial charge in [0.25, 0.3) is 0 Å². The Morgan fingerprint density at radius 3 is 3.12 bits per heavy atom. The van der Waals surface area contributed by atoms with Crippen LogP contribution in [0.15, 0.2) is 0 Å². The molecule has 2 saturated heterocycles. The van der Waals surface area contributed by atoms with Gasteiger partial charge in [0, 0.05) is 32.9 Å². The average Bonchev–Trinajstić information content (AvgIpc) is 2.33. The summed E-state index contributed by atoms with van der Waals surface area (Å²) in [5, 5.41) is 3.58. The van der Waals surface area contributed by atoms with Crippen LogP contribution in [0.1, 0.15) is 25.7 Å². The molecule has 0 aliphatic carbocycles. The third kappa shape index (κ3) is 2.74. The summed E-state index contributed by atoms with van der Waals surface area (Å²) in [6.45, 7) is 4.23. The number of rotatable bonds is 4. The van der Waals surface area contributed by atoms with Crippen LogP contribution in [0.4, 0.5) is 0 Å². The molecule has 2 fully saturated rings. The maximum Gasteiger partial charge on any atom is 0.107 e. The van der Waals surface area contributed by atoms with E-state index in [0.29, 0.717) is 6.04 Å². The van der Waals surface area contributed by atoms with Crippen LogP contribution in [0.3, 0.4) is 0 Å². The number of nitrogens with one attached hydrogen (secondary N) is 1. The van der Waals surface area contributed by atoms with Crippen molar-refractivity contribution >= 4 is 0 Å². The van der Waals surface area contributed by atoms with E-state index in [-0.39, 0.29) is 5.60 Å². The summed E-state index contributed by atoms with van der Waals surface area (Å²) in [4.78, 5) is 0. The molecule has 0 radical (unpaired) electrons. The van der Waals surface area contributed by atoms with Gasteiger partial charge in [0.15, 0.2) is 0 Å². The number of ether oxygens (including phenoxy) is 3. The summed E-state index contributed by atoms with van der Waals surface area (Å²) in [7, 11) is 1.75. The lowest BCUT2D eigenvalue weighted by Gasteiger charge is -2.46. The third-order valence-corrected chi connectivity index (χ3v) is 3.59. The molecule has 0 aromatic heterocycles. The van der Waals surface area contributed by atoms with Crippen molar-refractivity contribution in [2.24, 2.45) is 0 Å². The summed E-state index contributed by atoms with van der Waals surface area (Å²) < 4.78 is 16.7. The van der Waals surface area contributed by atoms with E-state index in [1.54, 1.807) is 7.11 Å². The second kappa shape index (κ2) is 5.96. The highest BCUT2D eigenvalue weighted by Crippen LogP contribution is 2.31. The highest BCUT2D eigenvalue weighted by atomic mass is 16.5. The van der Waals surface area contributed by atoms with Gasteiger partial charge in [-0.2, -0.15) is 0 Å². The van der Waals surface area contributed by atoms with Crippen molar-refractivity contribution in [3.8, 4) is 0 Å². The van der Waals surface area contributed by atoms with Crippen molar-refractivity contribution in [2.45, 2.75) is 37.3 Å². The Morgan fingerprint density at radius 1 is 1.44 bits per heavy atom. The topological polar surface area (TPSA) is 39.7 Å². The zero-order valence-electron chi connectivity index (χ0n) is 10.2. The van der Waals surface area contributed by atoms with Crippen LogP contribution in [0.2, 0.25) is 0 Å². The van der Waals surface area contributed by atoms with Gasteiger partial charge >= 0.3 is 0 Å². The van der Waals surface area contributed by atoms with E-state index in [1.165, 1.54) is 0 Å². The minimum absolute atomic E-state index is 0.0652. The largest absolute Gasteiger partial charge is 0.385 e. The Bertz CT molecular complexity index is 196. The van der Waals surface area contributed by atoms with Crippen LogP contribution >= 0.6 is 0 Å². The predicted molar refractivity (Wildman–Crippen MR) is 61.6 cm³/mol. The quantitative estimate of drug-likeness (QED) is 0.729. The van der Waals surface area contributed by atoms with E-state index in [2.05, 4.69) is 5.32 Å². The second-order valence-electron chi connectivity index (χ2n) is 4.71. The molecule has 1 spiro atoms. The summed E-state index contributed by atoms with van der Waals surface area (Å²) in [5.74, 6) is 0. The lowest BCUT2D eigenvalue weighted by molar-refractivity contribution is -0.165. The first-order valence-corrected chi connectivity index (χ1v) is 6.31. The first-order chi connectivity index (χ1) is 7.87. The minimum atomic E-state index is -0.0652. The fourth-order valence-electron chi connectivity index (χ4n) is 2.75. The molecule has 0 saturated carbocycles. The van der Waals surface area contributed by atoms with Crippen LogP contribution in [0, 0.1) is 0 Å². The van der Waals surface area contributed by atoms with Crippen LogP contribution < -0.4 is 5.32 Å². The summed E-state index contributed by atoms with van der Waals surface area (Å²) >= 11 is 0. The Balaban J connectivity index is 1.90. The molecular weight excluding hydrogens is 206 g/mol. The molecule has 2 heterocycles. The molecule has 2 aliphatic heterocycles. The molecule has 0 aromatic carbocycles. The van der Waals surface area contributed by atoms with Crippen molar-refractivity contribution in [3.05, 3.63) is 0 Å². The molecule has 2 rings (SSSR count). The maximum absolute atomic E-state index is 6.02. The lowest BCUT2D eigenvalue weighted by Crippen LogP contribution is -2.61. The first kappa shape index (κ1) is 12.3. The van der Waals surface area contributed by atoms with E-state index in [4.69, 9.17) is 14.2 Å². The van der Waals surface area contributed by atoms with Gasteiger partial charge < -0.3 is 19.5 Å². The molecule has 4 nitrogen and oxygen atoms in total. The van der Waals surface area contributed by atoms with E-state index >= 15 is 0 Å². The molecule has 0 bridgehead atoms. The fraction of sp³-hybridized carbons (Fsp3) is 1.00. The van der Waals surface area contributed by atoms with Gasteiger partial charge in [0.1, 0.15) is 5.60 Å². The van der Waals surface area contributed by atoms with Crippen LogP contribution in [0.5, 0.6) is 0 Å². The molecule has 2 unspecified atom stereocenters. The van der Waals surface area contributed by atoms with Gasteiger partial charge in [-0.1, -0.05) is 0 Å². The molecule has 0 aromatic rings. The van der Waals surface area contributed by atoms with Gasteiger partial charge in [0.05, 0.1) is 13.2 Å². The summed E-state index contributed by atoms with van der Waals surface area (Å²) in [5.41, 5.74) is -0.0652. The lowest BCUT2D eigenvalue weighted by atomic mass is 9.84. The normalized spacial score (nSPS) is 35.4. The molecule has 1 N–H and O–H groups in total. The molecule has 2 atom stereocenters. The van der Waals surface area contributed by atoms with E-state index < -0.39 is 0 Å². The number of hydrogen-bond donors (Lipinski definition) is 1. The van der Waals surface area contributed by atoms with Crippen molar-refractivity contribution < 1.29 is 14.2 Å². The fourth-order valence-corrected chi connectivity index (χ4v) is 2.75. The highest BCUT2D eigenvalue weighted by Gasteiger charge is 2.43. The summed E-state index contributed by atoms with van der Waals surface area (Å²) in [6, 6.07) is 0.427. The Hall–Kier alpha value is -0.160. The van der Waals surface area contributed by atoms with Crippen LogP contribution in [-0.2, 0) is 14.2 Å². The van der Waals surface area contributed by atoms with Crippen LogP contribution in [0.25, 0.3) is 0 Å². The Labute approximate surface area is 97.6 Å². The number of methoxy groups -OCH3 is 1. The SMILES string of the molecule is COCCCC1NCCOC12CCCOC2. The van der Waals surface area contributed by atoms with Crippen molar-refractivity contribution in [1.82, 2.24) is 5.32 Å². The van der Waals surface area contributed by atoms with E-state index in [9.17, 15) is 0 Å². The molecule has 16 heavy (non-hydrogen) atoms. The smallest absolute Gasteiger partial charge is 0.107 e. The third-order valence-electron chi connectivity index (χ3n) is 3.59. The monoisotopic (exact) mass is 229 g/mol. The van der Waals surface area contributed by atoms with Gasteiger partial charge in [-0.25, -0.2) is 0 Å². The molecule has 4 heteroatoms. The minimum Gasteiger partial charge on any atom is -0.385 e. The van der Waals surface area contributed by atoms with Crippen molar-refractivity contribution in [1.29, 1.82) is 0 Å². The van der Waals surface area contributed by atoms with Crippen LogP contribution in [-0.4, -0.2) is 51.7 Å². The zero-order valence-corrected chi connectivity index (χ0v) is 10.2. The average molecular weight is 229 g/mol. The number of hydrogen-bond acceptors (Lipinski definition) is 4. The number of morpholine rings is 1.